The Morgan fingerprint density at radius 3 is 2.19 bits per heavy atom. The maximum absolute atomic E-state index is 13.0. The van der Waals surface area contributed by atoms with Gasteiger partial charge in [0.25, 0.3) is 0 Å². The Hall–Kier alpha value is -2.70. The Morgan fingerprint density at radius 2 is 1.59 bits per heavy atom. The Balaban J connectivity index is 1.48. The number of carbonyl (C=O) groups excluding carboxylic acids is 2. The number of nitrogens with one attached hydrogen (secondary N) is 1. The van der Waals surface area contributed by atoms with Gasteiger partial charge in [-0.15, -0.1) is 0 Å². The molecule has 0 spiro atoms. The second-order valence-electron chi connectivity index (χ2n) is 9.00. The molecule has 1 heterocycles. The third kappa shape index (κ3) is 6.17. The molecule has 3 rings (SSSR count). The Morgan fingerprint density at radius 1 is 1.00 bits per heavy atom. The van der Waals surface area contributed by atoms with Gasteiger partial charge < -0.3 is 10.2 Å². The van der Waals surface area contributed by atoms with Gasteiger partial charge in [-0.05, 0) is 51.4 Å². The fraction of sp³-hybridized carbons (Fsp3) is 0.462. The maximum Gasteiger partial charge on any atom is 0.239 e. The van der Waals surface area contributed by atoms with E-state index in [1.807, 2.05) is 50.6 Å². The molecule has 1 aliphatic rings. The van der Waals surface area contributed by atoms with Crippen LogP contribution >= 0.6 is 0 Å². The van der Waals surface area contributed by atoms with Crippen LogP contribution in [0.4, 0.5) is 5.69 Å². The number of anilines is 1. The highest BCUT2D eigenvalue weighted by molar-refractivity contribution is 5.94. The van der Waals surface area contributed by atoms with Crippen molar-refractivity contribution in [2.45, 2.75) is 40.3 Å². The first kappa shape index (κ1) is 24.0. The molecular weight excluding hydrogens is 400 g/mol. The minimum absolute atomic E-state index is 0.0855. The number of benzene rings is 2. The van der Waals surface area contributed by atoms with E-state index >= 15 is 0 Å². The molecule has 1 saturated heterocycles. The number of aryl methyl sites for hydroxylation is 3. The summed E-state index contributed by atoms with van der Waals surface area (Å²) in [5, 5.41) is 3.03. The lowest BCUT2D eigenvalue weighted by molar-refractivity contribution is -0.138. The Bertz CT molecular complexity index is 913. The Labute approximate surface area is 192 Å². The third-order valence-corrected chi connectivity index (χ3v) is 6.29. The van der Waals surface area contributed by atoms with Crippen LogP contribution in [-0.2, 0) is 16.1 Å². The molecule has 0 unspecified atom stereocenters. The minimum atomic E-state index is -0.346. The predicted octanol–water partition coefficient (Wildman–Crippen LogP) is 3.22. The van der Waals surface area contributed by atoms with Gasteiger partial charge in [0.05, 0.1) is 12.6 Å². The van der Waals surface area contributed by atoms with Gasteiger partial charge in [-0.3, -0.25) is 19.4 Å². The van der Waals surface area contributed by atoms with Crippen molar-refractivity contribution in [2.75, 3.05) is 45.1 Å². The molecule has 2 aromatic rings. The van der Waals surface area contributed by atoms with Crippen LogP contribution in [0.25, 0.3) is 0 Å². The molecule has 0 aromatic heterocycles. The van der Waals surface area contributed by atoms with E-state index in [4.69, 9.17) is 0 Å². The molecule has 1 aliphatic heterocycles. The SMILES string of the molecule is Cc1cc(C)c(NC(=O)CN(C)[C@H](C)C(=O)N2CCN(Cc3ccccc3)CC2)c(C)c1. The van der Waals surface area contributed by atoms with Crippen LogP contribution in [0, 0.1) is 20.8 Å². The first-order chi connectivity index (χ1) is 15.2. The summed E-state index contributed by atoms with van der Waals surface area (Å²) < 4.78 is 0. The average Bonchev–Trinajstić information content (AvgIpc) is 2.76. The fourth-order valence-corrected chi connectivity index (χ4v) is 4.34. The topological polar surface area (TPSA) is 55.9 Å². The number of rotatable bonds is 7. The van der Waals surface area contributed by atoms with E-state index in [2.05, 4.69) is 46.6 Å². The normalized spacial score (nSPS) is 15.6. The van der Waals surface area contributed by atoms with Crippen LogP contribution in [0.3, 0.4) is 0 Å². The van der Waals surface area contributed by atoms with Crippen molar-refractivity contribution in [3.8, 4) is 0 Å². The first-order valence-corrected chi connectivity index (χ1v) is 11.4. The van der Waals surface area contributed by atoms with E-state index in [1.54, 1.807) is 0 Å². The number of likely N-dealkylation sites (N-methyl/N-ethyl adjacent to an activating group) is 1. The molecular formula is C26H36N4O2. The van der Waals surface area contributed by atoms with E-state index in [0.717, 1.165) is 49.5 Å². The molecule has 6 heteroatoms. The molecule has 1 N–H and O–H groups in total. The smallest absolute Gasteiger partial charge is 0.239 e. The molecule has 0 aliphatic carbocycles. The molecule has 0 radical (unpaired) electrons. The van der Waals surface area contributed by atoms with Gasteiger partial charge in [0.2, 0.25) is 11.8 Å². The zero-order valence-electron chi connectivity index (χ0n) is 20.0. The summed E-state index contributed by atoms with van der Waals surface area (Å²) in [6, 6.07) is 14.2. The predicted molar refractivity (Wildman–Crippen MR) is 130 cm³/mol. The second-order valence-corrected chi connectivity index (χ2v) is 9.00. The van der Waals surface area contributed by atoms with Crippen molar-refractivity contribution in [3.63, 3.8) is 0 Å². The average molecular weight is 437 g/mol. The lowest BCUT2D eigenvalue weighted by atomic mass is 10.1. The molecule has 2 amide bonds. The van der Waals surface area contributed by atoms with Crippen molar-refractivity contribution in [2.24, 2.45) is 0 Å². The van der Waals surface area contributed by atoms with Crippen LogP contribution in [0.15, 0.2) is 42.5 Å². The van der Waals surface area contributed by atoms with Crippen molar-refractivity contribution in [3.05, 3.63) is 64.7 Å². The minimum Gasteiger partial charge on any atom is -0.339 e. The number of carbonyl (C=O) groups is 2. The van der Waals surface area contributed by atoms with Crippen molar-refractivity contribution in [1.82, 2.24) is 14.7 Å². The van der Waals surface area contributed by atoms with Crippen molar-refractivity contribution < 1.29 is 9.59 Å². The molecule has 172 valence electrons. The summed E-state index contributed by atoms with van der Waals surface area (Å²) >= 11 is 0. The van der Waals surface area contributed by atoms with Crippen molar-refractivity contribution in [1.29, 1.82) is 0 Å². The van der Waals surface area contributed by atoms with E-state index in [0.29, 0.717) is 0 Å². The molecule has 1 fully saturated rings. The summed E-state index contributed by atoms with van der Waals surface area (Å²) in [5.41, 5.74) is 5.44. The highest BCUT2D eigenvalue weighted by Crippen LogP contribution is 2.22. The number of amides is 2. The van der Waals surface area contributed by atoms with Gasteiger partial charge in [-0.25, -0.2) is 0 Å². The maximum atomic E-state index is 13.0. The van der Waals surface area contributed by atoms with Gasteiger partial charge in [0.15, 0.2) is 0 Å². The monoisotopic (exact) mass is 436 g/mol. The highest BCUT2D eigenvalue weighted by Gasteiger charge is 2.28. The largest absolute Gasteiger partial charge is 0.339 e. The molecule has 6 nitrogen and oxygen atoms in total. The van der Waals surface area contributed by atoms with Crippen LogP contribution in [0.2, 0.25) is 0 Å². The number of hydrogen-bond donors (Lipinski definition) is 1. The van der Waals surface area contributed by atoms with E-state index < -0.39 is 0 Å². The third-order valence-electron chi connectivity index (χ3n) is 6.29. The van der Waals surface area contributed by atoms with E-state index in [1.165, 1.54) is 11.1 Å². The summed E-state index contributed by atoms with van der Waals surface area (Å²) in [4.78, 5) is 31.8. The summed E-state index contributed by atoms with van der Waals surface area (Å²) in [7, 11) is 1.84. The van der Waals surface area contributed by atoms with Gasteiger partial charge in [-0.1, -0.05) is 48.0 Å². The molecule has 0 bridgehead atoms. The second kappa shape index (κ2) is 10.7. The lowest BCUT2D eigenvalue weighted by Crippen LogP contribution is -2.54. The standard InChI is InChI=1S/C26H36N4O2/c1-19-15-20(2)25(21(3)16-19)27-24(31)18-28(5)22(4)26(32)30-13-11-29(12-14-30)17-23-9-7-6-8-10-23/h6-10,15-16,22H,11-14,17-18H2,1-5H3,(H,27,31)/t22-/m1/s1. The zero-order chi connectivity index (χ0) is 23.3. The first-order valence-electron chi connectivity index (χ1n) is 11.4. The summed E-state index contributed by atoms with van der Waals surface area (Å²) in [6.07, 6.45) is 0. The quantitative estimate of drug-likeness (QED) is 0.724. The van der Waals surface area contributed by atoms with Gasteiger partial charge >= 0.3 is 0 Å². The Kier molecular flexibility index (Phi) is 8.04. The fourth-order valence-electron chi connectivity index (χ4n) is 4.34. The van der Waals surface area contributed by atoms with Gasteiger partial charge in [0, 0.05) is 38.4 Å². The molecule has 32 heavy (non-hydrogen) atoms. The van der Waals surface area contributed by atoms with Gasteiger partial charge in [0.1, 0.15) is 0 Å². The van der Waals surface area contributed by atoms with Crippen molar-refractivity contribution >= 4 is 17.5 Å². The molecule has 1 atom stereocenters. The highest BCUT2D eigenvalue weighted by atomic mass is 16.2. The number of nitrogens with zero attached hydrogens (tertiary/aromatic N) is 3. The van der Waals surface area contributed by atoms with Crippen LogP contribution < -0.4 is 5.32 Å². The zero-order valence-corrected chi connectivity index (χ0v) is 20.0. The van der Waals surface area contributed by atoms with Crippen LogP contribution in [-0.4, -0.2) is 72.3 Å². The van der Waals surface area contributed by atoms with Gasteiger partial charge in [-0.2, -0.15) is 0 Å². The van der Waals surface area contributed by atoms with E-state index in [-0.39, 0.29) is 24.4 Å². The number of hydrogen-bond acceptors (Lipinski definition) is 4. The lowest BCUT2D eigenvalue weighted by Gasteiger charge is -2.37. The van der Waals surface area contributed by atoms with E-state index in [9.17, 15) is 9.59 Å². The molecule has 0 saturated carbocycles. The summed E-state index contributed by atoms with van der Waals surface area (Å²) in [5.74, 6) is -0.0164. The number of piperazine rings is 1. The van der Waals surface area contributed by atoms with Crippen LogP contribution in [0.5, 0.6) is 0 Å². The molecule has 2 aromatic carbocycles. The summed E-state index contributed by atoms with van der Waals surface area (Å²) in [6.45, 7) is 12.2. The van der Waals surface area contributed by atoms with Crippen LogP contribution in [0.1, 0.15) is 29.2 Å².